The van der Waals surface area contributed by atoms with E-state index in [1.54, 1.807) is 4.90 Å². The summed E-state index contributed by atoms with van der Waals surface area (Å²) in [5.74, 6) is -0.0336. The molecule has 0 aromatic heterocycles. The van der Waals surface area contributed by atoms with Crippen LogP contribution in [0.15, 0.2) is 53.1 Å². The molecular weight excluding hydrogens is 300 g/mol. The van der Waals surface area contributed by atoms with Gasteiger partial charge in [-0.05, 0) is 37.1 Å². The van der Waals surface area contributed by atoms with E-state index in [1.165, 1.54) is 23.9 Å². The molecule has 2 heterocycles. The van der Waals surface area contributed by atoms with Crippen molar-refractivity contribution < 1.29 is 4.79 Å². The SMILES string of the molecule is CN1CCCC1=CC=C1SC(=S)N(c2ccccc2)C1=O. The lowest BCUT2D eigenvalue weighted by molar-refractivity contribution is -0.113. The number of benzene rings is 1. The highest BCUT2D eigenvalue weighted by atomic mass is 32.2. The monoisotopic (exact) mass is 316 g/mol. The van der Waals surface area contributed by atoms with Crippen LogP contribution in [-0.4, -0.2) is 28.7 Å². The summed E-state index contributed by atoms with van der Waals surface area (Å²) >= 11 is 6.71. The smallest absolute Gasteiger partial charge is 0.270 e. The number of likely N-dealkylation sites (tertiary alicyclic amines) is 1. The zero-order valence-corrected chi connectivity index (χ0v) is 13.4. The molecule has 0 radical (unpaired) electrons. The summed E-state index contributed by atoms with van der Waals surface area (Å²) in [5, 5.41) is 0. The topological polar surface area (TPSA) is 23.6 Å². The van der Waals surface area contributed by atoms with Gasteiger partial charge in [-0.3, -0.25) is 9.69 Å². The number of rotatable bonds is 2. The molecule has 0 unspecified atom stereocenters. The molecule has 1 aromatic carbocycles. The highest BCUT2D eigenvalue weighted by Gasteiger charge is 2.32. The number of amides is 1. The van der Waals surface area contributed by atoms with Crippen molar-refractivity contribution in [1.29, 1.82) is 0 Å². The Hall–Kier alpha value is -1.59. The molecule has 1 aromatic rings. The second-order valence-corrected chi connectivity index (χ2v) is 6.73. The minimum absolute atomic E-state index is 0.0336. The molecule has 0 saturated carbocycles. The van der Waals surface area contributed by atoms with Crippen LogP contribution in [0.4, 0.5) is 5.69 Å². The van der Waals surface area contributed by atoms with Crippen molar-refractivity contribution in [3.05, 3.63) is 53.1 Å². The second-order valence-electron chi connectivity index (χ2n) is 5.06. The van der Waals surface area contributed by atoms with Gasteiger partial charge in [0, 0.05) is 19.3 Å². The third kappa shape index (κ3) is 2.89. The van der Waals surface area contributed by atoms with E-state index in [1.807, 2.05) is 42.5 Å². The van der Waals surface area contributed by atoms with Crippen LogP contribution < -0.4 is 4.90 Å². The van der Waals surface area contributed by atoms with Gasteiger partial charge in [0.2, 0.25) is 0 Å². The van der Waals surface area contributed by atoms with Gasteiger partial charge in [-0.2, -0.15) is 0 Å². The van der Waals surface area contributed by atoms with E-state index in [0.717, 1.165) is 18.7 Å². The van der Waals surface area contributed by atoms with Crippen LogP contribution in [-0.2, 0) is 4.79 Å². The number of carbonyl (C=O) groups is 1. The van der Waals surface area contributed by atoms with Crippen LogP contribution >= 0.6 is 24.0 Å². The average molecular weight is 316 g/mol. The van der Waals surface area contributed by atoms with E-state index in [0.29, 0.717) is 9.23 Å². The van der Waals surface area contributed by atoms with Gasteiger partial charge in [-0.25, -0.2) is 0 Å². The normalized spacial score (nSPS) is 22.9. The molecule has 108 valence electrons. The number of allylic oxidation sites excluding steroid dienone is 3. The Morgan fingerprint density at radius 1 is 1.24 bits per heavy atom. The molecule has 2 aliphatic heterocycles. The maximum atomic E-state index is 12.5. The van der Waals surface area contributed by atoms with Crippen LogP contribution in [0, 0.1) is 0 Å². The van der Waals surface area contributed by atoms with Crippen LogP contribution in [0.1, 0.15) is 12.8 Å². The van der Waals surface area contributed by atoms with E-state index in [9.17, 15) is 4.79 Å². The van der Waals surface area contributed by atoms with Crippen LogP contribution in [0.25, 0.3) is 0 Å². The summed E-state index contributed by atoms with van der Waals surface area (Å²) in [7, 11) is 2.09. The van der Waals surface area contributed by atoms with E-state index in [2.05, 4.69) is 11.9 Å². The Bertz CT molecular complexity index is 637. The Labute approximate surface area is 134 Å². The van der Waals surface area contributed by atoms with Gasteiger partial charge in [-0.15, -0.1) is 0 Å². The largest absolute Gasteiger partial charge is 0.378 e. The molecule has 21 heavy (non-hydrogen) atoms. The quantitative estimate of drug-likeness (QED) is 0.615. The highest BCUT2D eigenvalue weighted by molar-refractivity contribution is 8.27. The molecule has 2 fully saturated rings. The minimum Gasteiger partial charge on any atom is -0.378 e. The zero-order chi connectivity index (χ0) is 14.8. The third-order valence-electron chi connectivity index (χ3n) is 3.65. The molecule has 0 bridgehead atoms. The van der Waals surface area contributed by atoms with Crippen molar-refractivity contribution in [2.45, 2.75) is 12.8 Å². The first-order chi connectivity index (χ1) is 10.2. The van der Waals surface area contributed by atoms with Gasteiger partial charge in [0.1, 0.15) is 0 Å². The molecule has 0 spiro atoms. The lowest BCUT2D eigenvalue weighted by Gasteiger charge is -2.13. The summed E-state index contributed by atoms with van der Waals surface area (Å²) in [4.78, 5) is 17.0. The number of carbonyl (C=O) groups excluding carboxylic acids is 1. The van der Waals surface area contributed by atoms with E-state index in [4.69, 9.17) is 12.2 Å². The number of nitrogens with zero attached hydrogens (tertiary/aromatic N) is 2. The Balaban J connectivity index is 1.84. The third-order valence-corrected chi connectivity index (χ3v) is 4.97. The molecule has 1 amide bonds. The van der Waals surface area contributed by atoms with E-state index >= 15 is 0 Å². The molecular formula is C16H16N2OS2. The van der Waals surface area contributed by atoms with Gasteiger partial charge in [0.05, 0.1) is 10.6 Å². The first-order valence-corrected chi connectivity index (χ1v) is 8.12. The maximum absolute atomic E-state index is 12.5. The van der Waals surface area contributed by atoms with Crippen LogP contribution in [0.3, 0.4) is 0 Å². The average Bonchev–Trinajstić information content (AvgIpc) is 3.01. The molecule has 0 N–H and O–H groups in total. The fourth-order valence-electron chi connectivity index (χ4n) is 2.50. The Morgan fingerprint density at radius 3 is 2.67 bits per heavy atom. The summed E-state index contributed by atoms with van der Waals surface area (Å²) in [6.45, 7) is 1.09. The lowest BCUT2D eigenvalue weighted by Crippen LogP contribution is -2.27. The molecule has 5 heteroatoms. The van der Waals surface area contributed by atoms with E-state index in [-0.39, 0.29) is 5.91 Å². The fraction of sp³-hybridized carbons (Fsp3) is 0.250. The Kier molecular flexibility index (Phi) is 4.12. The molecule has 2 aliphatic rings. The zero-order valence-electron chi connectivity index (χ0n) is 11.8. The highest BCUT2D eigenvalue weighted by Crippen LogP contribution is 2.35. The summed E-state index contributed by atoms with van der Waals surface area (Å²) < 4.78 is 0.593. The Morgan fingerprint density at radius 2 is 2.00 bits per heavy atom. The standard InChI is InChI=1S/C16H16N2OS2/c1-17-11-5-8-12(17)9-10-14-15(19)18(16(20)21-14)13-6-3-2-4-7-13/h2-4,6-7,9-10H,5,8,11H2,1H3. The lowest BCUT2D eigenvalue weighted by atomic mass is 10.2. The van der Waals surface area contributed by atoms with Gasteiger partial charge in [-0.1, -0.05) is 42.2 Å². The van der Waals surface area contributed by atoms with Gasteiger partial charge < -0.3 is 4.90 Å². The van der Waals surface area contributed by atoms with Crippen molar-refractivity contribution >= 4 is 39.9 Å². The van der Waals surface area contributed by atoms with Gasteiger partial charge in [0.25, 0.3) is 5.91 Å². The number of anilines is 1. The number of hydrogen-bond acceptors (Lipinski definition) is 4. The van der Waals surface area contributed by atoms with Crippen molar-refractivity contribution in [3.8, 4) is 0 Å². The first-order valence-electron chi connectivity index (χ1n) is 6.90. The number of thioether (sulfide) groups is 1. The number of hydrogen-bond donors (Lipinski definition) is 0. The predicted octanol–water partition coefficient (Wildman–Crippen LogP) is 3.54. The second kappa shape index (κ2) is 6.03. The van der Waals surface area contributed by atoms with Crippen molar-refractivity contribution in [2.75, 3.05) is 18.5 Å². The van der Waals surface area contributed by atoms with Crippen LogP contribution in [0.5, 0.6) is 0 Å². The predicted molar refractivity (Wildman–Crippen MR) is 92.1 cm³/mol. The summed E-state index contributed by atoms with van der Waals surface area (Å²) in [5.41, 5.74) is 2.11. The molecule has 0 aliphatic carbocycles. The first kappa shape index (κ1) is 14.4. The fourth-order valence-corrected chi connectivity index (χ4v) is 3.74. The number of para-hydroxylation sites is 1. The molecule has 3 nitrogen and oxygen atoms in total. The van der Waals surface area contributed by atoms with Crippen molar-refractivity contribution in [3.63, 3.8) is 0 Å². The van der Waals surface area contributed by atoms with Crippen molar-refractivity contribution in [1.82, 2.24) is 4.90 Å². The molecule has 3 rings (SSSR count). The minimum atomic E-state index is -0.0336. The maximum Gasteiger partial charge on any atom is 0.270 e. The van der Waals surface area contributed by atoms with Crippen LogP contribution in [0.2, 0.25) is 0 Å². The molecule has 2 saturated heterocycles. The number of thiocarbonyl (C=S) groups is 1. The molecule has 0 atom stereocenters. The summed E-state index contributed by atoms with van der Waals surface area (Å²) in [6, 6.07) is 9.55. The van der Waals surface area contributed by atoms with Gasteiger partial charge >= 0.3 is 0 Å². The van der Waals surface area contributed by atoms with Gasteiger partial charge in [0.15, 0.2) is 4.32 Å². The van der Waals surface area contributed by atoms with Crippen molar-refractivity contribution in [2.24, 2.45) is 0 Å². The summed E-state index contributed by atoms with van der Waals surface area (Å²) in [6.07, 6.45) is 6.21. The van der Waals surface area contributed by atoms with E-state index < -0.39 is 0 Å².